The van der Waals surface area contributed by atoms with Crippen molar-refractivity contribution in [1.82, 2.24) is 15.1 Å². The molecule has 0 aromatic heterocycles. The van der Waals surface area contributed by atoms with Gasteiger partial charge in [-0.15, -0.1) is 0 Å². The summed E-state index contributed by atoms with van der Waals surface area (Å²) in [5.41, 5.74) is 0.608. The molecule has 2 aliphatic heterocycles. The predicted octanol–water partition coefficient (Wildman–Crippen LogP) is 2.15. The molecule has 2 fully saturated rings. The fourth-order valence-corrected chi connectivity index (χ4v) is 3.98. The van der Waals surface area contributed by atoms with Gasteiger partial charge in [0, 0.05) is 43.8 Å². The summed E-state index contributed by atoms with van der Waals surface area (Å²) < 4.78 is 5.20. The van der Waals surface area contributed by atoms with Gasteiger partial charge < -0.3 is 19.9 Å². The highest BCUT2D eigenvalue weighted by atomic mass is 16.5. The van der Waals surface area contributed by atoms with Gasteiger partial charge in [-0.05, 0) is 51.3 Å². The molecule has 6 nitrogen and oxygen atoms in total. The molecule has 3 rings (SSSR count). The first-order valence-electron chi connectivity index (χ1n) is 9.95. The normalized spacial score (nSPS) is 21.5. The first-order valence-corrected chi connectivity index (χ1v) is 9.95. The number of carbonyl (C=O) groups excluding carboxylic acids is 2. The minimum Gasteiger partial charge on any atom is -0.497 e. The smallest absolute Gasteiger partial charge is 0.254 e. The van der Waals surface area contributed by atoms with E-state index in [-0.39, 0.29) is 23.8 Å². The van der Waals surface area contributed by atoms with Gasteiger partial charge in [0.05, 0.1) is 13.0 Å². The number of benzene rings is 1. The monoisotopic (exact) mass is 373 g/mol. The van der Waals surface area contributed by atoms with E-state index in [1.54, 1.807) is 24.1 Å². The van der Waals surface area contributed by atoms with Crippen molar-refractivity contribution in [3.8, 4) is 5.75 Å². The van der Waals surface area contributed by atoms with Gasteiger partial charge in [-0.2, -0.15) is 0 Å². The van der Waals surface area contributed by atoms with Gasteiger partial charge in [-0.25, -0.2) is 0 Å². The van der Waals surface area contributed by atoms with Crippen LogP contribution in [-0.2, 0) is 4.79 Å². The van der Waals surface area contributed by atoms with Crippen molar-refractivity contribution in [1.29, 1.82) is 0 Å². The number of amides is 2. The standard InChI is InChI=1S/C21H31N3O3/c1-15(2)23-11-8-18(9-12-23)22-20(25)17-7-10-24(14-17)21(26)16-5-4-6-19(13-16)27-3/h4-6,13,15,17-18H,7-12,14H2,1-3H3,(H,22,25)/t17-/m0/s1. The summed E-state index contributed by atoms with van der Waals surface area (Å²) in [6, 6.07) is 8.00. The Kier molecular flexibility index (Phi) is 6.37. The molecule has 0 radical (unpaired) electrons. The van der Waals surface area contributed by atoms with Crippen LogP contribution in [0.5, 0.6) is 5.75 Å². The van der Waals surface area contributed by atoms with Gasteiger partial charge in [-0.3, -0.25) is 9.59 Å². The number of piperidine rings is 1. The molecule has 0 unspecified atom stereocenters. The summed E-state index contributed by atoms with van der Waals surface area (Å²) in [6.45, 7) is 7.62. The van der Waals surface area contributed by atoms with Crippen LogP contribution < -0.4 is 10.1 Å². The quantitative estimate of drug-likeness (QED) is 0.859. The molecular weight excluding hydrogens is 342 g/mol. The maximum absolute atomic E-state index is 12.7. The highest BCUT2D eigenvalue weighted by molar-refractivity contribution is 5.95. The molecule has 0 aliphatic carbocycles. The number of hydrogen-bond donors (Lipinski definition) is 1. The highest BCUT2D eigenvalue weighted by Gasteiger charge is 2.33. The minimum absolute atomic E-state index is 0.0329. The lowest BCUT2D eigenvalue weighted by Crippen LogP contribution is -2.48. The average Bonchev–Trinajstić information content (AvgIpc) is 3.18. The van der Waals surface area contributed by atoms with Crippen molar-refractivity contribution < 1.29 is 14.3 Å². The molecule has 1 aromatic rings. The lowest BCUT2D eigenvalue weighted by Gasteiger charge is -2.35. The Morgan fingerprint density at radius 1 is 1.15 bits per heavy atom. The largest absolute Gasteiger partial charge is 0.497 e. The third kappa shape index (κ3) is 4.80. The second-order valence-corrected chi connectivity index (χ2v) is 7.88. The number of carbonyl (C=O) groups is 2. The Bertz CT molecular complexity index is 668. The van der Waals surface area contributed by atoms with Crippen LogP contribution >= 0.6 is 0 Å². The zero-order valence-electron chi connectivity index (χ0n) is 16.6. The maximum Gasteiger partial charge on any atom is 0.254 e. The van der Waals surface area contributed by atoms with E-state index in [4.69, 9.17) is 4.74 Å². The molecule has 1 aromatic carbocycles. The Morgan fingerprint density at radius 2 is 1.89 bits per heavy atom. The van der Waals surface area contributed by atoms with Crippen molar-refractivity contribution in [3.05, 3.63) is 29.8 Å². The Balaban J connectivity index is 1.50. The predicted molar refractivity (Wildman–Crippen MR) is 105 cm³/mol. The summed E-state index contributed by atoms with van der Waals surface area (Å²) in [6.07, 6.45) is 2.73. The van der Waals surface area contributed by atoms with Crippen LogP contribution in [0.1, 0.15) is 43.5 Å². The molecule has 2 aliphatic rings. The van der Waals surface area contributed by atoms with E-state index < -0.39 is 0 Å². The molecule has 1 atom stereocenters. The fourth-order valence-electron chi connectivity index (χ4n) is 3.98. The van der Waals surface area contributed by atoms with Crippen LogP contribution in [-0.4, -0.2) is 67.0 Å². The summed E-state index contributed by atoms with van der Waals surface area (Å²) in [5.74, 6) is 0.623. The van der Waals surface area contributed by atoms with E-state index in [1.165, 1.54) is 0 Å². The number of ether oxygens (including phenoxy) is 1. The molecule has 2 heterocycles. The van der Waals surface area contributed by atoms with Crippen molar-refractivity contribution in [2.24, 2.45) is 5.92 Å². The van der Waals surface area contributed by atoms with Crippen LogP contribution in [0.15, 0.2) is 24.3 Å². The average molecular weight is 373 g/mol. The SMILES string of the molecule is COc1cccc(C(=O)N2CC[C@H](C(=O)NC3CCN(C(C)C)CC3)C2)c1. The van der Waals surface area contributed by atoms with Gasteiger partial charge in [0.1, 0.15) is 5.75 Å². The summed E-state index contributed by atoms with van der Waals surface area (Å²) in [5, 5.41) is 3.21. The molecule has 1 N–H and O–H groups in total. The third-order valence-corrected chi connectivity index (χ3v) is 5.77. The lowest BCUT2D eigenvalue weighted by molar-refractivity contribution is -0.125. The highest BCUT2D eigenvalue weighted by Crippen LogP contribution is 2.22. The van der Waals surface area contributed by atoms with E-state index in [0.717, 1.165) is 32.4 Å². The molecule has 2 amide bonds. The van der Waals surface area contributed by atoms with Gasteiger partial charge in [0.15, 0.2) is 0 Å². The van der Waals surface area contributed by atoms with E-state index in [0.29, 0.717) is 30.4 Å². The van der Waals surface area contributed by atoms with Crippen molar-refractivity contribution in [2.45, 2.75) is 45.2 Å². The number of nitrogens with zero attached hydrogens (tertiary/aromatic N) is 2. The zero-order chi connectivity index (χ0) is 19.4. The summed E-state index contributed by atoms with van der Waals surface area (Å²) in [7, 11) is 1.59. The zero-order valence-corrected chi connectivity index (χ0v) is 16.6. The molecule has 2 saturated heterocycles. The summed E-state index contributed by atoms with van der Waals surface area (Å²) in [4.78, 5) is 29.6. The van der Waals surface area contributed by atoms with E-state index in [9.17, 15) is 9.59 Å². The first-order chi connectivity index (χ1) is 13.0. The van der Waals surface area contributed by atoms with Crippen LogP contribution in [0.4, 0.5) is 0 Å². The number of likely N-dealkylation sites (tertiary alicyclic amines) is 2. The maximum atomic E-state index is 12.7. The third-order valence-electron chi connectivity index (χ3n) is 5.77. The Morgan fingerprint density at radius 3 is 2.56 bits per heavy atom. The second kappa shape index (κ2) is 8.74. The molecule has 0 bridgehead atoms. The van der Waals surface area contributed by atoms with Gasteiger partial charge in [-0.1, -0.05) is 6.07 Å². The van der Waals surface area contributed by atoms with Crippen molar-refractivity contribution in [2.75, 3.05) is 33.3 Å². The van der Waals surface area contributed by atoms with Crippen molar-refractivity contribution in [3.63, 3.8) is 0 Å². The molecule has 148 valence electrons. The minimum atomic E-state index is -0.109. The number of nitrogens with one attached hydrogen (secondary N) is 1. The van der Waals surface area contributed by atoms with Gasteiger partial charge >= 0.3 is 0 Å². The Hall–Kier alpha value is -2.08. The molecule has 6 heteroatoms. The number of hydrogen-bond acceptors (Lipinski definition) is 4. The van der Waals surface area contributed by atoms with E-state index in [1.807, 2.05) is 12.1 Å². The van der Waals surface area contributed by atoms with E-state index >= 15 is 0 Å². The second-order valence-electron chi connectivity index (χ2n) is 7.88. The fraction of sp³-hybridized carbons (Fsp3) is 0.619. The van der Waals surface area contributed by atoms with Crippen LogP contribution in [0.2, 0.25) is 0 Å². The van der Waals surface area contributed by atoms with Gasteiger partial charge in [0.2, 0.25) is 5.91 Å². The number of methoxy groups -OCH3 is 1. The van der Waals surface area contributed by atoms with E-state index in [2.05, 4.69) is 24.1 Å². The summed E-state index contributed by atoms with van der Waals surface area (Å²) >= 11 is 0. The number of rotatable bonds is 5. The van der Waals surface area contributed by atoms with Gasteiger partial charge in [0.25, 0.3) is 5.91 Å². The molecule has 0 spiro atoms. The topological polar surface area (TPSA) is 61.9 Å². The molecule has 27 heavy (non-hydrogen) atoms. The van der Waals surface area contributed by atoms with Crippen molar-refractivity contribution >= 4 is 11.8 Å². The van der Waals surface area contributed by atoms with Crippen LogP contribution in [0.25, 0.3) is 0 Å². The molecular formula is C21H31N3O3. The Labute approximate surface area is 161 Å². The first kappa shape index (κ1) is 19.7. The molecule has 0 saturated carbocycles. The lowest BCUT2D eigenvalue weighted by atomic mass is 10.0. The van der Waals surface area contributed by atoms with Crippen LogP contribution in [0.3, 0.4) is 0 Å². The van der Waals surface area contributed by atoms with Crippen LogP contribution in [0, 0.1) is 5.92 Å².